The number of benzene rings is 4. The van der Waals surface area contributed by atoms with Crippen molar-refractivity contribution in [3.05, 3.63) is 117 Å². The highest BCUT2D eigenvalue weighted by Crippen LogP contribution is 2.33. The Morgan fingerprint density at radius 3 is 1.52 bits per heavy atom. The highest BCUT2D eigenvalue weighted by atomic mass is 16.6. The molecule has 20 nitrogen and oxygen atoms in total. The number of amides is 2. The summed E-state index contributed by atoms with van der Waals surface area (Å²) in [5, 5.41) is 53.8. The van der Waals surface area contributed by atoms with Gasteiger partial charge in [0.2, 0.25) is 6.04 Å². The predicted molar refractivity (Wildman–Crippen MR) is 199 cm³/mol. The second-order valence-electron chi connectivity index (χ2n) is 10.9. The average Bonchev–Trinajstić information content (AvgIpc) is 3.18. The van der Waals surface area contributed by atoms with Gasteiger partial charge >= 0.3 is 0 Å². The van der Waals surface area contributed by atoms with Crippen LogP contribution in [0.5, 0.6) is 23.0 Å². The molecule has 292 valence electrons. The first-order valence-electron chi connectivity index (χ1n) is 16.0. The van der Waals surface area contributed by atoms with Gasteiger partial charge in [0.15, 0.2) is 17.3 Å². The van der Waals surface area contributed by atoms with Crippen molar-refractivity contribution in [3.63, 3.8) is 0 Å². The van der Waals surface area contributed by atoms with Crippen LogP contribution < -0.4 is 34.7 Å². The quantitative estimate of drug-likeness (QED) is 0.0340. The Morgan fingerprint density at radius 2 is 1.09 bits per heavy atom. The highest BCUT2D eigenvalue weighted by Gasteiger charge is 2.24. The lowest BCUT2D eigenvalue weighted by Gasteiger charge is -2.13. The van der Waals surface area contributed by atoms with Crippen LogP contribution in [-0.4, -0.2) is 61.9 Å². The van der Waals surface area contributed by atoms with Gasteiger partial charge in [-0.15, -0.1) is 16.0 Å². The van der Waals surface area contributed by atoms with Crippen LogP contribution >= 0.6 is 0 Å². The number of anilines is 2. The van der Waals surface area contributed by atoms with Crippen molar-refractivity contribution < 1.29 is 48.3 Å². The van der Waals surface area contributed by atoms with Gasteiger partial charge in [0.05, 0.1) is 61.8 Å². The zero-order valence-electron chi connectivity index (χ0n) is 30.7. The normalized spacial score (nSPS) is 11.7. The summed E-state index contributed by atoms with van der Waals surface area (Å²) in [7, 11) is 5.52. The number of hydrogen-bond donors (Lipinski definition) is 2. The molecule has 4 rings (SSSR count). The second-order valence-corrected chi connectivity index (χ2v) is 10.9. The number of ketones is 1. The Kier molecular flexibility index (Phi) is 15.6. The highest BCUT2D eigenvalue weighted by molar-refractivity contribution is 6.10. The third-order valence-electron chi connectivity index (χ3n) is 7.19. The lowest BCUT2D eigenvalue weighted by atomic mass is 10.2. The number of non-ortho nitro benzene ring substituents is 2. The Hall–Kier alpha value is -7.77. The van der Waals surface area contributed by atoms with Gasteiger partial charge in [-0.1, -0.05) is 31.2 Å². The molecule has 1 atom stereocenters. The van der Waals surface area contributed by atoms with Crippen LogP contribution in [0.1, 0.15) is 13.8 Å². The number of nitro groups is 2. The van der Waals surface area contributed by atoms with Gasteiger partial charge in [-0.2, -0.15) is 10.2 Å². The molecule has 0 aliphatic heterocycles. The molecule has 0 aromatic heterocycles. The van der Waals surface area contributed by atoms with Gasteiger partial charge in [-0.05, 0) is 43.3 Å². The Labute approximate surface area is 318 Å². The first kappa shape index (κ1) is 42.6. The number of azo groups is 2. The summed E-state index contributed by atoms with van der Waals surface area (Å²) < 4.78 is 20.4. The standard InChI is InChI=1S/2C18H18N4O6/c2*1-11(23)17(18(24)19-13-6-4-5-7-15(13)27-2)21-20-14-9-8-12(22(25)26)10-16(14)28-3/h4-10,23H,1-3H3,(H,19,24);4-10,17H,1-3H3,(H,19,24)/p-1. The second kappa shape index (κ2) is 20.5. The fraction of sp³-hybridized carbons (Fsp3) is 0.194. The van der Waals surface area contributed by atoms with Gasteiger partial charge < -0.3 is 34.7 Å². The molecule has 20 heteroatoms. The molecule has 4 aromatic carbocycles. The van der Waals surface area contributed by atoms with Crippen LogP contribution in [0, 0.1) is 20.2 Å². The van der Waals surface area contributed by atoms with E-state index in [-0.39, 0.29) is 34.2 Å². The zero-order valence-corrected chi connectivity index (χ0v) is 30.7. The van der Waals surface area contributed by atoms with Crippen LogP contribution in [0.4, 0.5) is 34.1 Å². The van der Waals surface area contributed by atoms with Crippen molar-refractivity contribution in [2.75, 3.05) is 39.1 Å². The third kappa shape index (κ3) is 11.6. The van der Waals surface area contributed by atoms with E-state index in [9.17, 15) is 39.7 Å². The topological polar surface area (TPSA) is 271 Å². The van der Waals surface area contributed by atoms with Crippen LogP contribution in [0.2, 0.25) is 0 Å². The number of rotatable bonds is 15. The molecule has 56 heavy (non-hydrogen) atoms. The molecule has 0 saturated carbocycles. The molecule has 0 spiro atoms. The predicted octanol–water partition coefficient (Wildman–Crippen LogP) is 6.22. The summed E-state index contributed by atoms with van der Waals surface area (Å²) >= 11 is 0. The maximum atomic E-state index is 12.5. The van der Waals surface area contributed by atoms with E-state index in [1.807, 2.05) is 0 Å². The van der Waals surface area contributed by atoms with E-state index in [0.717, 1.165) is 6.07 Å². The molecule has 0 aliphatic rings. The maximum Gasteiger partial charge on any atom is 0.275 e. The number of Topliss-reactive ketones (excluding diaryl/α,β-unsaturated/α-hetero) is 1. The summed E-state index contributed by atoms with van der Waals surface area (Å²) in [5.41, 5.74) is 0.169. The fourth-order valence-electron chi connectivity index (χ4n) is 4.42. The lowest BCUT2D eigenvalue weighted by molar-refractivity contribution is -0.385. The SMILES string of the molecule is COc1cc([N+](=O)[O-])ccc1N=NC(C(=O)Nc1ccccc1OC)=C(C)[O-].COc1cc([N+](=O)[O-])ccc1N=NC(C(C)=O)C(=O)Nc1ccccc1OC. The number of ether oxygens (including phenoxy) is 4. The lowest BCUT2D eigenvalue weighted by Crippen LogP contribution is -2.31. The number of nitrogens with one attached hydrogen (secondary N) is 2. The molecule has 0 saturated heterocycles. The molecule has 0 heterocycles. The maximum absolute atomic E-state index is 12.5. The van der Waals surface area contributed by atoms with E-state index in [0.29, 0.717) is 22.9 Å². The van der Waals surface area contributed by atoms with E-state index in [4.69, 9.17) is 18.9 Å². The van der Waals surface area contributed by atoms with Crippen molar-refractivity contribution in [1.29, 1.82) is 0 Å². The van der Waals surface area contributed by atoms with Gasteiger partial charge in [0, 0.05) is 12.1 Å². The molecule has 0 radical (unpaired) electrons. The van der Waals surface area contributed by atoms with Crippen molar-refractivity contribution in [2.45, 2.75) is 19.9 Å². The average molecular weight is 772 g/mol. The minimum atomic E-state index is -1.41. The number of allylic oxidation sites excluding steroid dienone is 1. The summed E-state index contributed by atoms with van der Waals surface area (Å²) in [6, 6.07) is 19.3. The number of methoxy groups -OCH3 is 4. The van der Waals surface area contributed by atoms with Gasteiger partial charge in [-0.3, -0.25) is 34.6 Å². The van der Waals surface area contributed by atoms with Gasteiger partial charge in [-0.25, -0.2) is 0 Å². The van der Waals surface area contributed by atoms with Crippen molar-refractivity contribution in [2.24, 2.45) is 20.5 Å². The molecule has 2 N–H and O–H groups in total. The van der Waals surface area contributed by atoms with Crippen LogP contribution in [-0.2, 0) is 14.4 Å². The summed E-state index contributed by atoms with van der Waals surface area (Å²) in [4.78, 5) is 57.3. The van der Waals surface area contributed by atoms with Crippen LogP contribution in [0.15, 0.2) is 117 Å². The van der Waals surface area contributed by atoms with E-state index < -0.39 is 44.9 Å². The number of carbonyl (C=O) groups excluding carboxylic acids is 3. The summed E-state index contributed by atoms with van der Waals surface area (Å²) in [6.45, 7) is 2.38. The minimum Gasteiger partial charge on any atom is -0.874 e. The van der Waals surface area contributed by atoms with Crippen molar-refractivity contribution in [1.82, 2.24) is 0 Å². The van der Waals surface area contributed by atoms with E-state index in [1.165, 1.54) is 72.6 Å². The fourth-order valence-corrected chi connectivity index (χ4v) is 4.42. The number of hydrogen-bond acceptors (Lipinski definition) is 16. The number of nitrogens with zero attached hydrogens (tertiary/aromatic N) is 6. The van der Waals surface area contributed by atoms with Crippen molar-refractivity contribution in [3.8, 4) is 23.0 Å². The van der Waals surface area contributed by atoms with Crippen LogP contribution in [0.25, 0.3) is 0 Å². The first-order chi connectivity index (χ1) is 26.7. The van der Waals surface area contributed by atoms with E-state index in [2.05, 4.69) is 31.1 Å². The molecule has 4 aromatic rings. The number of nitro benzene ring substituents is 2. The first-order valence-corrected chi connectivity index (χ1v) is 16.0. The van der Waals surface area contributed by atoms with Crippen LogP contribution in [0.3, 0.4) is 0 Å². The molecule has 2 amide bonds. The van der Waals surface area contributed by atoms with Crippen molar-refractivity contribution >= 4 is 51.7 Å². The molecule has 1 unspecified atom stereocenters. The third-order valence-corrected chi connectivity index (χ3v) is 7.19. The largest absolute Gasteiger partial charge is 0.874 e. The molecular formula is C36H35N8O12-. The Bertz CT molecular complexity index is 2180. The summed E-state index contributed by atoms with van der Waals surface area (Å²) in [5.74, 6) is -1.62. The monoisotopic (exact) mass is 771 g/mol. The number of para-hydroxylation sites is 4. The smallest absolute Gasteiger partial charge is 0.275 e. The van der Waals surface area contributed by atoms with E-state index >= 15 is 0 Å². The Morgan fingerprint density at radius 1 is 0.643 bits per heavy atom. The summed E-state index contributed by atoms with van der Waals surface area (Å²) in [6.07, 6.45) is 0. The minimum absolute atomic E-state index is 0.0750. The Balaban J connectivity index is 0.000000300. The van der Waals surface area contributed by atoms with E-state index in [1.54, 1.807) is 48.5 Å². The van der Waals surface area contributed by atoms with Gasteiger partial charge in [0.1, 0.15) is 28.6 Å². The molecular weight excluding hydrogens is 736 g/mol. The molecule has 0 aliphatic carbocycles. The molecule has 0 fully saturated rings. The zero-order chi connectivity index (χ0) is 41.4. The molecule has 0 bridgehead atoms. The van der Waals surface area contributed by atoms with Gasteiger partial charge in [0.25, 0.3) is 23.2 Å². The number of carbonyl (C=O) groups is 3.